The number of anilines is 8. The molecular formula is C57H54BN3. The second kappa shape index (κ2) is 12.5. The molecule has 300 valence electrons. The molecule has 4 aliphatic heterocycles. The minimum Gasteiger partial charge on any atom is -0.334 e. The van der Waals surface area contributed by atoms with Gasteiger partial charge in [0.25, 0.3) is 6.71 Å². The minimum atomic E-state index is -0.182. The highest BCUT2D eigenvalue weighted by Crippen LogP contribution is 2.62. The monoisotopic (exact) mass is 791 g/mol. The first kappa shape index (κ1) is 36.8. The Labute approximate surface area is 362 Å². The van der Waals surface area contributed by atoms with E-state index in [2.05, 4.69) is 215 Å². The number of hydrogen-bond acceptors (Lipinski definition) is 3. The standard InChI is InChI=1S/C57H54BN3/c1-54(2,3)39-28-31-46-45(34-39)56(6)32-14-15-33-57(56,7)61(46)42-35-49-53-50(36-42)60(41-29-26-38(27-30-41)37-18-10-8-11-19-37)48-25-17-23-44-52(48)58(53)51-43(55(44,4)5)22-16-24-47(51)59(49)40-20-12-9-13-21-40/h8-13,16-31,34-36H,14-15,32-33H2,1-7H3. The second-order valence-corrected chi connectivity index (χ2v) is 20.5. The zero-order chi connectivity index (χ0) is 41.6. The lowest BCUT2D eigenvalue weighted by atomic mass is 9.28. The lowest BCUT2D eigenvalue weighted by Crippen LogP contribution is -2.67. The topological polar surface area (TPSA) is 9.72 Å². The van der Waals surface area contributed by atoms with Gasteiger partial charge < -0.3 is 14.7 Å². The molecule has 0 saturated heterocycles. The molecule has 0 radical (unpaired) electrons. The Hall–Kier alpha value is -6.00. The largest absolute Gasteiger partial charge is 0.334 e. The van der Waals surface area contributed by atoms with Crippen LogP contribution in [0.2, 0.25) is 0 Å². The van der Waals surface area contributed by atoms with Gasteiger partial charge in [-0.05, 0) is 130 Å². The molecule has 1 saturated carbocycles. The van der Waals surface area contributed by atoms with Crippen LogP contribution in [0.4, 0.5) is 45.5 Å². The molecule has 4 heteroatoms. The zero-order valence-electron chi connectivity index (χ0n) is 36.7. The van der Waals surface area contributed by atoms with E-state index in [1.807, 2.05) is 0 Å². The van der Waals surface area contributed by atoms with Crippen LogP contribution in [-0.2, 0) is 16.2 Å². The Morgan fingerprint density at radius 3 is 1.62 bits per heavy atom. The van der Waals surface area contributed by atoms with Crippen LogP contribution in [0, 0.1) is 0 Å². The highest BCUT2D eigenvalue weighted by atomic mass is 15.3. The van der Waals surface area contributed by atoms with Gasteiger partial charge in [-0.1, -0.05) is 151 Å². The Morgan fingerprint density at radius 2 is 1.02 bits per heavy atom. The van der Waals surface area contributed by atoms with Gasteiger partial charge in [0, 0.05) is 56.3 Å². The maximum atomic E-state index is 2.80. The van der Waals surface area contributed by atoms with Gasteiger partial charge >= 0.3 is 0 Å². The zero-order valence-corrected chi connectivity index (χ0v) is 36.7. The summed E-state index contributed by atoms with van der Waals surface area (Å²) in [5, 5.41) is 0. The van der Waals surface area contributed by atoms with E-state index in [0.29, 0.717) is 0 Å². The second-order valence-electron chi connectivity index (χ2n) is 20.5. The number of benzene rings is 7. The van der Waals surface area contributed by atoms with E-state index in [1.54, 1.807) is 0 Å². The van der Waals surface area contributed by atoms with Crippen LogP contribution in [-0.4, -0.2) is 12.3 Å². The van der Waals surface area contributed by atoms with Gasteiger partial charge in [0.1, 0.15) is 0 Å². The average molecular weight is 792 g/mol. The fourth-order valence-corrected chi connectivity index (χ4v) is 12.6. The summed E-state index contributed by atoms with van der Waals surface area (Å²) in [5.74, 6) is 0. The van der Waals surface area contributed by atoms with Crippen molar-refractivity contribution in [3.63, 3.8) is 0 Å². The van der Waals surface area contributed by atoms with Crippen molar-refractivity contribution in [3.05, 3.63) is 174 Å². The maximum Gasteiger partial charge on any atom is 0.252 e. The number of fused-ring (bicyclic) bond motifs is 3. The smallest absolute Gasteiger partial charge is 0.252 e. The predicted octanol–water partition coefficient (Wildman–Crippen LogP) is 13.1. The predicted molar refractivity (Wildman–Crippen MR) is 260 cm³/mol. The van der Waals surface area contributed by atoms with Crippen molar-refractivity contribution in [2.45, 2.75) is 95.9 Å². The minimum absolute atomic E-state index is 0.0129. The van der Waals surface area contributed by atoms with Gasteiger partial charge in [-0.2, -0.15) is 0 Å². The summed E-state index contributed by atoms with van der Waals surface area (Å²) >= 11 is 0. The lowest BCUT2D eigenvalue weighted by molar-refractivity contribution is 0.195. The van der Waals surface area contributed by atoms with Crippen LogP contribution in [0.15, 0.2) is 152 Å². The van der Waals surface area contributed by atoms with Gasteiger partial charge in [-0.25, -0.2) is 0 Å². The first-order chi connectivity index (χ1) is 29.4. The third-order valence-electron chi connectivity index (χ3n) is 15.9. The molecule has 0 spiro atoms. The van der Waals surface area contributed by atoms with Crippen molar-refractivity contribution in [2.24, 2.45) is 0 Å². The van der Waals surface area contributed by atoms with Crippen molar-refractivity contribution in [3.8, 4) is 11.1 Å². The normalized spacial score (nSPS) is 21.2. The van der Waals surface area contributed by atoms with Gasteiger partial charge in [0.2, 0.25) is 0 Å². The van der Waals surface area contributed by atoms with E-state index >= 15 is 0 Å². The summed E-state index contributed by atoms with van der Waals surface area (Å²) < 4.78 is 0. The SMILES string of the molecule is CC(C)(C)c1ccc2c(c1)C1(C)CCCCC1(C)N2c1cc2c3c(c1)N(c1ccc(-c4ccccc4)cc1)c1cccc4c1B3c1c(cccc1C4(C)C)N2c1ccccc1. The van der Waals surface area contributed by atoms with E-state index in [9.17, 15) is 0 Å². The Morgan fingerprint density at radius 1 is 0.459 bits per heavy atom. The number of nitrogens with zero attached hydrogens (tertiary/aromatic N) is 3. The van der Waals surface area contributed by atoms with E-state index in [-0.39, 0.29) is 28.5 Å². The lowest BCUT2D eigenvalue weighted by Gasteiger charge is -2.52. The van der Waals surface area contributed by atoms with Crippen molar-refractivity contribution >= 4 is 68.6 Å². The molecule has 3 nitrogen and oxygen atoms in total. The van der Waals surface area contributed by atoms with E-state index in [4.69, 9.17) is 0 Å². The summed E-state index contributed by atoms with van der Waals surface area (Å²) in [6.07, 6.45) is 4.84. The van der Waals surface area contributed by atoms with E-state index in [1.165, 1.54) is 115 Å². The number of rotatable bonds is 4. The van der Waals surface area contributed by atoms with Crippen molar-refractivity contribution in [2.75, 3.05) is 14.7 Å². The van der Waals surface area contributed by atoms with Gasteiger partial charge in [-0.3, -0.25) is 0 Å². The summed E-state index contributed by atoms with van der Waals surface area (Å²) in [6, 6.07) is 58.1. The molecule has 2 unspecified atom stereocenters. The molecule has 5 aliphatic rings. The first-order valence-electron chi connectivity index (χ1n) is 22.6. The average Bonchev–Trinajstić information content (AvgIpc) is 3.48. The van der Waals surface area contributed by atoms with Crippen molar-refractivity contribution in [1.82, 2.24) is 0 Å². The first-order valence-corrected chi connectivity index (χ1v) is 22.6. The van der Waals surface area contributed by atoms with E-state index < -0.39 is 0 Å². The number of para-hydroxylation sites is 1. The Bertz CT molecular complexity index is 2930. The summed E-state index contributed by atoms with van der Waals surface area (Å²) in [4.78, 5) is 8.02. The fourth-order valence-electron chi connectivity index (χ4n) is 12.6. The van der Waals surface area contributed by atoms with Crippen LogP contribution >= 0.6 is 0 Å². The van der Waals surface area contributed by atoms with Crippen LogP contribution in [0.25, 0.3) is 11.1 Å². The molecule has 0 N–H and O–H groups in total. The van der Waals surface area contributed by atoms with Gasteiger partial charge in [-0.15, -0.1) is 0 Å². The van der Waals surface area contributed by atoms with E-state index in [0.717, 1.165) is 6.42 Å². The van der Waals surface area contributed by atoms with Crippen molar-refractivity contribution in [1.29, 1.82) is 0 Å². The highest BCUT2D eigenvalue weighted by Gasteiger charge is 2.59. The summed E-state index contributed by atoms with van der Waals surface area (Å²) in [7, 11) is 0. The van der Waals surface area contributed by atoms with Crippen molar-refractivity contribution < 1.29 is 0 Å². The molecular weight excluding hydrogens is 737 g/mol. The molecule has 12 rings (SSSR count). The molecule has 0 bridgehead atoms. The van der Waals surface area contributed by atoms with Crippen LogP contribution in [0.3, 0.4) is 0 Å². The molecule has 0 amide bonds. The maximum absolute atomic E-state index is 2.80. The highest BCUT2D eigenvalue weighted by molar-refractivity contribution is 7.01. The molecule has 2 atom stereocenters. The van der Waals surface area contributed by atoms with Gasteiger partial charge in [0.15, 0.2) is 0 Å². The number of hydrogen-bond donors (Lipinski definition) is 0. The fraction of sp³-hybridized carbons (Fsp3) is 0.263. The Kier molecular flexibility index (Phi) is 7.57. The third-order valence-corrected chi connectivity index (χ3v) is 15.9. The molecule has 61 heavy (non-hydrogen) atoms. The molecule has 7 aromatic rings. The molecule has 4 heterocycles. The molecule has 1 aliphatic carbocycles. The van der Waals surface area contributed by atoms with Crippen LogP contribution in [0.5, 0.6) is 0 Å². The quantitative estimate of drug-likeness (QED) is 0.164. The summed E-state index contributed by atoms with van der Waals surface area (Å²) in [6.45, 7) is 17.2. The van der Waals surface area contributed by atoms with Gasteiger partial charge in [0.05, 0.1) is 5.54 Å². The molecule has 1 fully saturated rings. The van der Waals surface area contributed by atoms with Crippen LogP contribution < -0.4 is 31.1 Å². The Balaban J connectivity index is 1.18. The summed E-state index contributed by atoms with van der Waals surface area (Å²) in [5.41, 5.74) is 22.5. The van der Waals surface area contributed by atoms with Crippen LogP contribution in [0.1, 0.15) is 96.4 Å². The third kappa shape index (κ3) is 4.88. The molecule has 7 aromatic carbocycles. The molecule has 0 aromatic heterocycles.